The van der Waals surface area contributed by atoms with Crippen LogP contribution < -0.4 is 10.6 Å². The summed E-state index contributed by atoms with van der Waals surface area (Å²) >= 11 is 0. The summed E-state index contributed by atoms with van der Waals surface area (Å²) in [7, 11) is 0. The normalized spacial score (nSPS) is 11.6. The molecule has 2 N–H and O–H groups in total. The molecule has 0 atom stereocenters. The second kappa shape index (κ2) is 16.1. The lowest BCUT2D eigenvalue weighted by atomic mass is 10.1. The number of nitrogens with one attached hydrogen (secondary N) is 2. The second-order valence-electron chi connectivity index (χ2n) is 7.12. The molecule has 27 heavy (non-hydrogen) atoms. The van der Waals surface area contributed by atoms with Crippen LogP contribution in [0, 0.1) is 5.92 Å². The first-order chi connectivity index (χ1) is 12.5. The topological polar surface area (TPSA) is 54.9 Å². The lowest BCUT2D eigenvalue weighted by molar-refractivity contribution is 0.0657. The van der Waals surface area contributed by atoms with Crippen molar-refractivity contribution in [1.82, 2.24) is 10.6 Å². The quantitative estimate of drug-likeness (QED) is 0.198. The Kier molecular flexibility index (Phi) is 15.6. The highest BCUT2D eigenvalue weighted by Gasteiger charge is 2.01. The number of benzene rings is 1. The van der Waals surface area contributed by atoms with Gasteiger partial charge in [-0.2, -0.15) is 0 Å². The van der Waals surface area contributed by atoms with Crippen LogP contribution in [-0.2, 0) is 22.6 Å². The number of guanidine groups is 1. The third-order valence-electron chi connectivity index (χ3n) is 3.55. The van der Waals surface area contributed by atoms with E-state index in [0.29, 0.717) is 19.1 Å². The first-order valence-electron chi connectivity index (χ1n) is 9.80. The van der Waals surface area contributed by atoms with Gasteiger partial charge in [-0.15, -0.1) is 24.0 Å². The maximum Gasteiger partial charge on any atom is 0.191 e. The van der Waals surface area contributed by atoms with E-state index in [1.165, 1.54) is 11.1 Å². The van der Waals surface area contributed by atoms with Crippen molar-refractivity contribution in [3.8, 4) is 0 Å². The third-order valence-corrected chi connectivity index (χ3v) is 3.55. The highest BCUT2D eigenvalue weighted by atomic mass is 127. The zero-order valence-electron chi connectivity index (χ0n) is 17.6. The number of aliphatic imine (C=N–C) groups is 1. The monoisotopic (exact) mass is 491 g/mol. The van der Waals surface area contributed by atoms with Crippen LogP contribution in [0.1, 0.15) is 52.2 Å². The molecule has 0 heterocycles. The Morgan fingerprint density at radius 2 is 1.85 bits per heavy atom. The minimum Gasteiger partial charge on any atom is -0.381 e. The van der Waals surface area contributed by atoms with Gasteiger partial charge in [-0.3, -0.25) is 0 Å². The Labute approximate surface area is 182 Å². The van der Waals surface area contributed by atoms with Gasteiger partial charge >= 0.3 is 0 Å². The molecule has 0 saturated heterocycles. The number of nitrogens with zero attached hydrogens (tertiary/aromatic N) is 1. The first kappa shape index (κ1) is 26.1. The lowest BCUT2D eigenvalue weighted by Crippen LogP contribution is -2.38. The van der Waals surface area contributed by atoms with Gasteiger partial charge in [0.05, 0.1) is 19.3 Å². The summed E-state index contributed by atoms with van der Waals surface area (Å²) in [5.74, 6) is 1.43. The van der Waals surface area contributed by atoms with Gasteiger partial charge in [-0.1, -0.05) is 38.1 Å². The van der Waals surface area contributed by atoms with Gasteiger partial charge in [-0.25, -0.2) is 4.99 Å². The van der Waals surface area contributed by atoms with E-state index >= 15 is 0 Å². The minimum atomic E-state index is 0. The summed E-state index contributed by atoms with van der Waals surface area (Å²) in [5.41, 5.74) is 2.37. The van der Waals surface area contributed by atoms with E-state index in [9.17, 15) is 0 Å². The molecule has 0 aliphatic carbocycles. The fourth-order valence-corrected chi connectivity index (χ4v) is 2.29. The van der Waals surface area contributed by atoms with Gasteiger partial charge in [-0.05, 0) is 44.2 Å². The Hall–Kier alpha value is -0.860. The lowest BCUT2D eigenvalue weighted by Gasteiger charge is -2.12. The molecule has 0 aliphatic rings. The average Bonchev–Trinajstić information content (AvgIpc) is 2.60. The third kappa shape index (κ3) is 13.9. The molecule has 0 amide bonds. The van der Waals surface area contributed by atoms with Crippen molar-refractivity contribution < 1.29 is 9.47 Å². The van der Waals surface area contributed by atoms with Crippen molar-refractivity contribution in [3.05, 3.63) is 35.4 Å². The Morgan fingerprint density at radius 3 is 2.52 bits per heavy atom. The molecule has 0 radical (unpaired) electrons. The molecular weight excluding hydrogens is 453 g/mol. The highest BCUT2D eigenvalue weighted by molar-refractivity contribution is 14.0. The molecule has 5 nitrogen and oxygen atoms in total. The number of hydrogen-bond donors (Lipinski definition) is 2. The fraction of sp³-hybridized carbons (Fsp3) is 0.667. The summed E-state index contributed by atoms with van der Waals surface area (Å²) in [6.45, 7) is 15.1. The van der Waals surface area contributed by atoms with Crippen molar-refractivity contribution in [1.29, 1.82) is 0 Å². The van der Waals surface area contributed by atoms with Gasteiger partial charge in [0.2, 0.25) is 0 Å². The fourth-order valence-electron chi connectivity index (χ4n) is 2.29. The molecule has 1 aromatic rings. The van der Waals surface area contributed by atoms with E-state index in [1.54, 1.807) is 0 Å². The van der Waals surface area contributed by atoms with Gasteiger partial charge in [0, 0.05) is 26.3 Å². The van der Waals surface area contributed by atoms with Crippen molar-refractivity contribution >= 4 is 29.9 Å². The molecule has 6 heteroatoms. The molecule has 0 saturated carbocycles. The van der Waals surface area contributed by atoms with Crippen LogP contribution in [0.5, 0.6) is 0 Å². The maximum absolute atomic E-state index is 5.67. The van der Waals surface area contributed by atoms with E-state index < -0.39 is 0 Å². The smallest absolute Gasteiger partial charge is 0.191 e. The van der Waals surface area contributed by atoms with Gasteiger partial charge in [0.25, 0.3) is 0 Å². The Morgan fingerprint density at radius 1 is 1.11 bits per heavy atom. The number of halogens is 1. The molecule has 1 rings (SSSR count). The van der Waals surface area contributed by atoms with E-state index in [2.05, 4.69) is 74.5 Å². The Balaban J connectivity index is 0.00000676. The zero-order valence-corrected chi connectivity index (χ0v) is 19.9. The molecule has 0 unspecified atom stereocenters. The number of hydrogen-bond acceptors (Lipinski definition) is 3. The highest BCUT2D eigenvalue weighted by Crippen LogP contribution is 2.09. The molecular formula is C21H38IN3O2. The summed E-state index contributed by atoms with van der Waals surface area (Å²) in [4.78, 5) is 4.68. The van der Waals surface area contributed by atoms with E-state index in [-0.39, 0.29) is 30.1 Å². The number of rotatable bonds is 12. The van der Waals surface area contributed by atoms with Crippen molar-refractivity contribution in [2.24, 2.45) is 10.9 Å². The van der Waals surface area contributed by atoms with Crippen molar-refractivity contribution in [3.63, 3.8) is 0 Å². The van der Waals surface area contributed by atoms with Crippen LogP contribution in [0.3, 0.4) is 0 Å². The van der Waals surface area contributed by atoms with Gasteiger partial charge in [0.15, 0.2) is 5.96 Å². The summed E-state index contributed by atoms with van der Waals surface area (Å²) in [6.07, 6.45) is 1.21. The Bertz CT molecular complexity index is 522. The molecule has 0 bridgehead atoms. The van der Waals surface area contributed by atoms with Crippen LogP contribution >= 0.6 is 24.0 Å². The zero-order chi connectivity index (χ0) is 19.2. The second-order valence-corrected chi connectivity index (χ2v) is 7.12. The standard InChI is InChI=1S/C21H37N3O2.HI/c1-6-22-21(23-11-8-12-25-15-17(2)3)24-14-19-9-7-10-20(13-19)16-26-18(4)5;/h7,9-10,13,17-18H,6,8,11-12,14-16H2,1-5H3,(H2,22,23,24);1H. The SMILES string of the molecule is CCNC(=NCc1cccc(COC(C)C)c1)NCCCOCC(C)C.I. The maximum atomic E-state index is 5.67. The summed E-state index contributed by atoms with van der Waals surface area (Å²) < 4.78 is 11.3. The van der Waals surface area contributed by atoms with Crippen molar-refractivity contribution in [2.75, 3.05) is 26.3 Å². The van der Waals surface area contributed by atoms with Crippen LogP contribution in [0.4, 0.5) is 0 Å². The van der Waals surface area contributed by atoms with Gasteiger partial charge in [0.1, 0.15) is 0 Å². The molecule has 0 aliphatic heterocycles. The summed E-state index contributed by atoms with van der Waals surface area (Å²) in [6, 6.07) is 8.42. The molecule has 0 fully saturated rings. The van der Waals surface area contributed by atoms with E-state index in [0.717, 1.165) is 38.7 Å². The van der Waals surface area contributed by atoms with Crippen LogP contribution in [0.2, 0.25) is 0 Å². The van der Waals surface area contributed by atoms with E-state index in [4.69, 9.17) is 9.47 Å². The van der Waals surface area contributed by atoms with Crippen LogP contribution in [-0.4, -0.2) is 38.4 Å². The molecule has 1 aromatic carbocycles. The summed E-state index contributed by atoms with van der Waals surface area (Å²) in [5, 5.41) is 6.66. The molecule has 0 aromatic heterocycles. The van der Waals surface area contributed by atoms with E-state index in [1.807, 2.05) is 0 Å². The van der Waals surface area contributed by atoms with Gasteiger partial charge < -0.3 is 20.1 Å². The largest absolute Gasteiger partial charge is 0.381 e. The van der Waals surface area contributed by atoms with Crippen LogP contribution in [0.25, 0.3) is 0 Å². The minimum absolute atomic E-state index is 0. The predicted molar refractivity (Wildman–Crippen MR) is 125 cm³/mol. The predicted octanol–water partition coefficient (Wildman–Crippen LogP) is 4.35. The first-order valence-corrected chi connectivity index (χ1v) is 9.80. The van der Waals surface area contributed by atoms with Crippen LogP contribution in [0.15, 0.2) is 29.3 Å². The number of ether oxygens (including phenoxy) is 2. The molecule has 0 spiro atoms. The average molecular weight is 491 g/mol. The van der Waals surface area contributed by atoms with Crippen molar-refractivity contribution in [2.45, 2.75) is 60.3 Å². The molecule has 156 valence electrons.